The molecule has 0 saturated carbocycles. The van der Waals surface area contributed by atoms with Crippen molar-refractivity contribution in [2.45, 2.75) is 0 Å². The van der Waals surface area contributed by atoms with Crippen LogP contribution in [-0.2, 0) is 4.79 Å². The summed E-state index contributed by atoms with van der Waals surface area (Å²) in [6, 6.07) is 11.3. The molecule has 0 atom stereocenters. The summed E-state index contributed by atoms with van der Waals surface area (Å²) in [5.41, 5.74) is 0.951. The fourth-order valence-electron chi connectivity index (χ4n) is 2.49. The van der Waals surface area contributed by atoms with E-state index >= 15 is 0 Å². The van der Waals surface area contributed by atoms with Crippen molar-refractivity contribution in [3.05, 3.63) is 52.9 Å². The monoisotopic (exact) mass is 357 g/mol. The summed E-state index contributed by atoms with van der Waals surface area (Å²) in [6.45, 7) is 0. The molecule has 1 N–H and O–H groups in total. The maximum Gasteiger partial charge on any atom is 0.298 e. The maximum absolute atomic E-state index is 12.6. The highest BCUT2D eigenvalue weighted by Gasteiger charge is 2.36. The largest absolute Gasteiger partial charge is 0.508 e. The van der Waals surface area contributed by atoms with E-state index in [1.165, 1.54) is 26.4 Å². The number of thioether (sulfide) groups is 1. The minimum Gasteiger partial charge on any atom is -0.508 e. The number of methoxy groups -OCH3 is 2. The molecule has 7 heteroatoms. The molecular weight excluding hydrogens is 342 g/mol. The highest BCUT2D eigenvalue weighted by molar-refractivity contribution is 8.19. The molecule has 0 bridgehead atoms. The first-order valence-corrected chi connectivity index (χ1v) is 8.14. The van der Waals surface area contributed by atoms with E-state index < -0.39 is 11.1 Å². The summed E-state index contributed by atoms with van der Waals surface area (Å²) in [5.74, 6) is 0.540. The zero-order valence-electron chi connectivity index (χ0n) is 13.6. The van der Waals surface area contributed by atoms with Crippen LogP contribution < -0.4 is 14.4 Å². The summed E-state index contributed by atoms with van der Waals surface area (Å²) in [6.07, 6.45) is 1.59. The van der Waals surface area contributed by atoms with E-state index in [1.54, 1.807) is 36.4 Å². The molecule has 1 heterocycles. The number of rotatable bonds is 4. The molecule has 0 aromatic heterocycles. The van der Waals surface area contributed by atoms with E-state index in [0.29, 0.717) is 22.7 Å². The third-order valence-corrected chi connectivity index (χ3v) is 4.47. The second-order valence-corrected chi connectivity index (χ2v) is 6.11. The number of phenolic OH excluding ortho intramolecular Hbond substituents is 1. The fourth-order valence-corrected chi connectivity index (χ4v) is 3.32. The molecule has 2 aromatic rings. The van der Waals surface area contributed by atoms with Crippen LogP contribution in [0.3, 0.4) is 0 Å². The van der Waals surface area contributed by atoms with Crippen molar-refractivity contribution in [2.75, 3.05) is 19.1 Å². The Labute approximate surface area is 148 Å². The van der Waals surface area contributed by atoms with Crippen molar-refractivity contribution < 1.29 is 24.2 Å². The van der Waals surface area contributed by atoms with Gasteiger partial charge in [0.1, 0.15) is 5.75 Å². The van der Waals surface area contributed by atoms with Crippen LogP contribution in [-0.4, -0.2) is 30.5 Å². The number of imide groups is 1. The number of phenols is 1. The first-order chi connectivity index (χ1) is 12.0. The van der Waals surface area contributed by atoms with Crippen LogP contribution >= 0.6 is 11.8 Å². The van der Waals surface area contributed by atoms with Gasteiger partial charge in [0.25, 0.3) is 11.1 Å². The number of ether oxygens (including phenoxy) is 2. The summed E-state index contributed by atoms with van der Waals surface area (Å²) < 4.78 is 10.6. The van der Waals surface area contributed by atoms with Gasteiger partial charge in [0.05, 0.1) is 24.8 Å². The van der Waals surface area contributed by atoms with E-state index in [2.05, 4.69) is 0 Å². The van der Waals surface area contributed by atoms with Gasteiger partial charge in [-0.2, -0.15) is 0 Å². The number of nitrogens with zero attached hydrogens (tertiary/aromatic N) is 1. The first kappa shape index (κ1) is 16.9. The summed E-state index contributed by atoms with van der Waals surface area (Å²) in [7, 11) is 3.03. The minimum absolute atomic E-state index is 0.0185. The smallest absolute Gasteiger partial charge is 0.298 e. The summed E-state index contributed by atoms with van der Waals surface area (Å²) >= 11 is 0.831. The molecule has 2 aromatic carbocycles. The molecule has 0 spiro atoms. The maximum atomic E-state index is 12.6. The average Bonchev–Trinajstić information content (AvgIpc) is 2.88. The lowest BCUT2D eigenvalue weighted by Crippen LogP contribution is -2.27. The molecule has 2 amide bonds. The van der Waals surface area contributed by atoms with Crippen LogP contribution in [0.5, 0.6) is 17.2 Å². The quantitative estimate of drug-likeness (QED) is 0.842. The summed E-state index contributed by atoms with van der Waals surface area (Å²) in [4.78, 5) is 26.2. The Kier molecular flexibility index (Phi) is 4.67. The molecular formula is C18H15NO5S. The lowest BCUT2D eigenvalue weighted by molar-refractivity contribution is -0.113. The molecule has 0 aliphatic carbocycles. The number of carbonyl (C=O) groups excluding carboxylic acids is 2. The van der Waals surface area contributed by atoms with Gasteiger partial charge in [0.2, 0.25) is 0 Å². The zero-order chi connectivity index (χ0) is 18.0. The van der Waals surface area contributed by atoms with Gasteiger partial charge in [0, 0.05) is 11.6 Å². The van der Waals surface area contributed by atoms with Crippen molar-refractivity contribution >= 4 is 34.7 Å². The van der Waals surface area contributed by atoms with Crippen LogP contribution in [0.1, 0.15) is 5.56 Å². The summed E-state index contributed by atoms with van der Waals surface area (Å²) in [5, 5.41) is 9.14. The molecule has 1 aliphatic rings. The Hall–Kier alpha value is -2.93. The van der Waals surface area contributed by atoms with Crippen LogP contribution in [0.2, 0.25) is 0 Å². The number of hydrogen-bond acceptors (Lipinski definition) is 6. The van der Waals surface area contributed by atoms with Crippen molar-refractivity contribution in [3.63, 3.8) is 0 Å². The zero-order valence-corrected chi connectivity index (χ0v) is 14.4. The van der Waals surface area contributed by atoms with Gasteiger partial charge in [-0.3, -0.25) is 9.59 Å². The number of amides is 2. The topological polar surface area (TPSA) is 76.1 Å². The van der Waals surface area contributed by atoms with Gasteiger partial charge >= 0.3 is 0 Å². The van der Waals surface area contributed by atoms with Gasteiger partial charge < -0.3 is 14.6 Å². The molecule has 128 valence electrons. The van der Waals surface area contributed by atoms with E-state index in [9.17, 15) is 14.7 Å². The van der Waals surface area contributed by atoms with E-state index in [1.807, 2.05) is 0 Å². The highest BCUT2D eigenvalue weighted by Crippen LogP contribution is 2.39. The van der Waals surface area contributed by atoms with Crippen LogP contribution in [0.25, 0.3) is 6.08 Å². The predicted molar refractivity (Wildman–Crippen MR) is 96.1 cm³/mol. The number of anilines is 1. The van der Waals surface area contributed by atoms with Crippen LogP contribution in [0.4, 0.5) is 10.5 Å². The molecule has 1 fully saturated rings. The Morgan fingerprint density at radius 2 is 1.84 bits per heavy atom. The molecule has 0 unspecified atom stereocenters. The number of aromatic hydroxyl groups is 1. The van der Waals surface area contributed by atoms with Gasteiger partial charge in [-0.25, -0.2) is 4.90 Å². The van der Waals surface area contributed by atoms with E-state index in [-0.39, 0.29) is 10.7 Å². The second kappa shape index (κ2) is 6.90. The standard InChI is InChI=1S/C18H15NO5S/c1-23-14-8-3-5-11(16(14)24-2)9-15-17(21)19(18(22)25-15)12-6-4-7-13(20)10-12/h3-10,20H,1-2H3/b15-9-. The molecule has 3 rings (SSSR count). The lowest BCUT2D eigenvalue weighted by Gasteiger charge is -2.12. The van der Waals surface area contributed by atoms with Crippen LogP contribution in [0.15, 0.2) is 47.4 Å². The number of para-hydroxylation sites is 1. The Morgan fingerprint density at radius 1 is 1.08 bits per heavy atom. The highest BCUT2D eigenvalue weighted by atomic mass is 32.2. The second-order valence-electron chi connectivity index (χ2n) is 5.12. The van der Waals surface area contributed by atoms with E-state index in [0.717, 1.165) is 16.7 Å². The molecule has 6 nitrogen and oxygen atoms in total. The predicted octanol–water partition coefficient (Wildman–Crippen LogP) is 3.65. The Morgan fingerprint density at radius 3 is 2.52 bits per heavy atom. The molecule has 25 heavy (non-hydrogen) atoms. The van der Waals surface area contributed by atoms with Gasteiger partial charge in [0.15, 0.2) is 11.5 Å². The third kappa shape index (κ3) is 3.18. The Bertz CT molecular complexity index is 878. The minimum atomic E-state index is -0.453. The number of carbonyl (C=O) groups is 2. The SMILES string of the molecule is COc1cccc(/C=C2\SC(=O)N(c3cccc(O)c3)C2=O)c1OC. The van der Waals surface area contributed by atoms with Crippen LogP contribution in [0, 0.1) is 0 Å². The first-order valence-electron chi connectivity index (χ1n) is 7.33. The molecule has 1 aliphatic heterocycles. The third-order valence-electron chi connectivity index (χ3n) is 3.60. The van der Waals surface area contributed by atoms with Gasteiger partial charge in [-0.1, -0.05) is 18.2 Å². The number of benzene rings is 2. The van der Waals surface area contributed by atoms with Crippen molar-refractivity contribution in [1.82, 2.24) is 0 Å². The lowest BCUT2D eigenvalue weighted by atomic mass is 10.1. The average molecular weight is 357 g/mol. The fraction of sp³-hybridized carbons (Fsp3) is 0.111. The van der Waals surface area contributed by atoms with Gasteiger partial charge in [-0.15, -0.1) is 0 Å². The molecule has 1 saturated heterocycles. The van der Waals surface area contributed by atoms with Crippen molar-refractivity contribution in [2.24, 2.45) is 0 Å². The van der Waals surface area contributed by atoms with E-state index in [4.69, 9.17) is 9.47 Å². The Balaban J connectivity index is 1.99. The van der Waals surface area contributed by atoms with Gasteiger partial charge in [-0.05, 0) is 36.0 Å². The number of hydrogen-bond donors (Lipinski definition) is 1. The molecule has 0 radical (unpaired) electrons. The normalized spacial score (nSPS) is 15.8. The van der Waals surface area contributed by atoms with Crippen molar-refractivity contribution in [1.29, 1.82) is 0 Å². The van der Waals surface area contributed by atoms with Crippen molar-refractivity contribution in [3.8, 4) is 17.2 Å².